The summed E-state index contributed by atoms with van der Waals surface area (Å²) in [6, 6.07) is 13.7. The van der Waals surface area contributed by atoms with Crippen molar-refractivity contribution in [3.8, 4) is 0 Å². The lowest BCUT2D eigenvalue weighted by Gasteiger charge is -2.29. The number of nitrogens with one attached hydrogen (secondary N) is 2. The molecule has 1 aliphatic rings. The van der Waals surface area contributed by atoms with Gasteiger partial charge in [-0.15, -0.1) is 0 Å². The van der Waals surface area contributed by atoms with E-state index in [1.165, 1.54) is 0 Å². The van der Waals surface area contributed by atoms with Gasteiger partial charge in [-0.3, -0.25) is 15.0 Å². The lowest BCUT2D eigenvalue weighted by atomic mass is 10.0. The van der Waals surface area contributed by atoms with Crippen LogP contribution in [0.4, 0.5) is 21.9 Å². The summed E-state index contributed by atoms with van der Waals surface area (Å²) in [5.74, 6) is -0.0310. The minimum absolute atomic E-state index is 0.0310. The number of nitrogens with zero attached hydrogens (tertiary/aromatic N) is 1. The molecule has 172 valence electrons. The van der Waals surface area contributed by atoms with Gasteiger partial charge in [-0.05, 0) is 83.2 Å². The molecule has 0 fully saturated rings. The van der Waals surface area contributed by atoms with Crippen molar-refractivity contribution < 1.29 is 14.3 Å². The van der Waals surface area contributed by atoms with E-state index in [1.807, 2.05) is 57.2 Å². The van der Waals surface area contributed by atoms with E-state index in [9.17, 15) is 9.59 Å². The van der Waals surface area contributed by atoms with Gasteiger partial charge in [0, 0.05) is 11.2 Å². The Labute approximate surface area is 191 Å². The number of carbonyl (C=O) groups excluding carboxylic acids is 2. The summed E-state index contributed by atoms with van der Waals surface area (Å²) >= 11 is 0. The summed E-state index contributed by atoms with van der Waals surface area (Å²) in [6.45, 7) is 12.0. The number of rotatable bonds is 5. The minimum atomic E-state index is -0.589. The molecule has 0 aromatic heterocycles. The van der Waals surface area contributed by atoms with Gasteiger partial charge < -0.3 is 10.1 Å². The van der Waals surface area contributed by atoms with Crippen LogP contribution < -0.4 is 15.5 Å². The van der Waals surface area contributed by atoms with Gasteiger partial charge in [-0.1, -0.05) is 31.2 Å². The van der Waals surface area contributed by atoms with Crippen LogP contribution >= 0.6 is 0 Å². The average Bonchev–Trinajstić information content (AvgIpc) is 2.87. The van der Waals surface area contributed by atoms with Crippen molar-refractivity contribution in [2.75, 3.05) is 16.8 Å². The summed E-state index contributed by atoms with van der Waals surface area (Å²) in [5, 5.41) is 6.18. The summed E-state index contributed by atoms with van der Waals surface area (Å²) in [5.41, 5.74) is 3.76. The van der Waals surface area contributed by atoms with E-state index in [0.717, 1.165) is 41.8 Å². The third-order valence-electron chi connectivity index (χ3n) is 5.72. The molecule has 6 nitrogen and oxygen atoms in total. The lowest BCUT2D eigenvalue weighted by molar-refractivity contribution is -0.117. The van der Waals surface area contributed by atoms with Crippen molar-refractivity contribution in [3.63, 3.8) is 0 Å². The number of anilines is 3. The third kappa shape index (κ3) is 5.88. The Hall–Kier alpha value is -2.86. The molecule has 2 N–H and O–H groups in total. The van der Waals surface area contributed by atoms with E-state index in [0.29, 0.717) is 5.69 Å². The second-order valence-electron chi connectivity index (χ2n) is 9.92. The van der Waals surface area contributed by atoms with E-state index in [-0.39, 0.29) is 18.0 Å². The largest absolute Gasteiger partial charge is 0.444 e. The summed E-state index contributed by atoms with van der Waals surface area (Å²) < 4.78 is 5.39. The van der Waals surface area contributed by atoms with E-state index in [2.05, 4.69) is 37.5 Å². The maximum Gasteiger partial charge on any atom is 0.412 e. The Morgan fingerprint density at radius 1 is 0.969 bits per heavy atom. The van der Waals surface area contributed by atoms with Gasteiger partial charge in [0.05, 0.1) is 17.9 Å². The number of amides is 2. The van der Waals surface area contributed by atoms with Crippen LogP contribution in [0.15, 0.2) is 42.5 Å². The van der Waals surface area contributed by atoms with Crippen molar-refractivity contribution in [1.29, 1.82) is 0 Å². The number of hydrogen-bond acceptors (Lipinski definition) is 4. The van der Waals surface area contributed by atoms with Crippen LogP contribution in [0.1, 0.15) is 59.1 Å². The first-order chi connectivity index (χ1) is 15.0. The number of ether oxygens (including phenoxy) is 1. The maximum absolute atomic E-state index is 13.5. The zero-order chi connectivity index (χ0) is 23.5. The Morgan fingerprint density at radius 3 is 2.28 bits per heavy atom. The molecule has 0 unspecified atom stereocenters. The number of aryl methyl sites for hydroxylation is 2. The molecule has 0 atom stereocenters. The quantitative estimate of drug-likeness (QED) is 0.641. The number of para-hydroxylation sites is 1. The van der Waals surface area contributed by atoms with Crippen LogP contribution in [0.5, 0.6) is 0 Å². The van der Waals surface area contributed by atoms with Crippen molar-refractivity contribution in [2.24, 2.45) is 0 Å². The second-order valence-corrected chi connectivity index (χ2v) is 9.92. The van der Waals surface area contributed by atoms with Crippen molar-refractivity contribution in [1.82, 2.24) is 5.32 Å². The molecule has 1 aliphatic heterocycles. The molecule has 0 radical (unpaired) electrons. The fraction of sp³-hybridized carbons (Fsp3) is 0.462. The van der Waals surface area contributed by atoms with Crippen molar-refractivity contribution >= 4 is 29.1 Å². The highest BCUT2D eigenvalue weighted by Crippen LogP contribution is 2.37. The number of carbonyl (C=O) groups is 2. The van der Waals surface area contributed by atoms with Crippen LogP contribution in [0.25, 0.3) is 0 Å². The Balaban J connectivity index is 1.96. The predicted molar refractivity (Wildman–Crippen MR) is 130 cm³/mol. The van der Waals surface area contributed by atoms with Crippen molar-refractivity contribution in [3.05, 3.63) is 53.6 Å². The zero-order valence-corrected chi connectivity index (χ0v) is 20.0. The fourth-order valence-electron chi connectivity index (χ4n) is 3.61. The standard InChI is InChI=1S/C26H35N3O3/c1-7-26(5,6)27-17-23(30)29-21-11-9-8-10-18(21)12-13-19-14-15-20(16-22(19)29)28-24(31)32-25(2,3)4/h8-11,14-16,27H,7,12-13,17H2,1-6H3,(H,28,31). The normalized spacial score (nSPS) is 13.6. The van der Waals surface area contributed by atoms with Crippen LogP contribution in [0.2, 0.25) is 0 Å². The molecule has 3 rings (SSSR count). The second kappa shape index (κ2) is 9.33. The van der Waals surface area contributed by atoms with E-state index >= 15 is 0 Å². The SMILES string of the molecule is CCC(C)(C)NCC(=O)N1c2ccccc2CCc2ccc(NC(=O)OC(C)(C)C)cc21. The van der Waals surface area contributed by atoms with Gasteiger partial charge in [0.2, 0.25) is 5.91 Å². The van der Waals surface area contributed by atoms with Crippen LogP contribution in [-0.4, -0.2) is 29.7 Å². The molecule has 2 aromatic rings. The van der Waals surface area contributed by atoms with Gasteiger partial charge in [0.25, 0.3) is 0 Å². The van der Waals surface area contributed by atoms with Gasteiger partial charge in [-0.25, -0.2) is 4.79 Å². The van der Waals surface area contributed by atoms with Crippen LogP contribution in [-0.2, 0) is 22.4 Å². The first-order valence-corrected chi connectivity index (χ1v) is 11.3. The van der Waals surface area contributed by atoms with E-state index in [1.54, 1.807) is 4.90 Å². The van der Waals surface area contributed by atoms with Crippen molar-refractivity contribution in [2.45, 2.75) is 71.9 Å². The highest BCUT2D eigenvalue weighted by Gasteiger charge is 2.27. The smallest absolute Gasteiger partial charge is 0.412 e. The monoisotopic (exact) mass is 437 g/mol. The summed E-state index contributed by atoms with van der Waals surface area (Å²) in [4.78, 5) is 27.6. The van der Waals surface area contributed by atoms with E-state index in [4.69, 9.17) is 4.74 Å². The van der Waals surface area contributed by atoms with Gasteiger partial charge in [-0.2, -0.15) is 0 Å². The molecule has 0 aliphatic carbocycles. The maximum atomic E-state index is 13.5. The first kappa shape index (κ1) is 23.8. The summed E-state index contributed by atoms with van der Waals surface area (Å²) in [7, 11) is 0. The van der Waals surface area contributed by atoms with Gasteiger partial charge in [0.1, 0.15) is 5.60 Å². The highest BCUT2D eigenvalue weighted by molar-refractivity contribution is 6.04. The Morgan fingerprint density at radius 2 is 1.62 bits per heavy atom. The van der Waals surface area contributed by atoms with E-state index < -0.39 is 11.7 Å². The first-order valence-electron chi connectivity index (χ1n) is 11.3. The molecule has 1 heterocycles. The topological polar surface area (TPSA) is 70.7 Å². The molecule has 0 saturated heterocycles. The lowest BCUT2D eigenvalue weighted by Crippen LogP contribution is -2.45. The molecule has 2 amide bonds. The van der Waals surface area contributed by atoms with Crippen LogP contribution in [0.3, 0.4) is 0 Å². The number of fused-ring (bicyclic) bond motifs is 2. The van der Waals surface area contributed by atoms with Gasteiger partial charge >= 0.3 is 6.09 Å². The Kier molecular flexibility index (Phi) is 6.94. The number of hydrogen-bond donors (Lipinski definition) is 2. The van der Waals surface area contributed by atoms with Crippen LogP contribution in [0, 0.1) is 0 Å². The van der Waals surface area contributed by atoms with Gasteiger partial charge in [0.15, 0.2) is 0 Å². The predicted octanol–water partition coefficient (Wildman–Crippen LogP) is 5.58. The molecule has 0 bridgehead atoms. The minimum Gasteiger partial charge on any atom is -0.444 e. The molecular formula is C26H35N3O3. The molecule has 2 aromatic carbocycles. The molecule has 6 heteroatoms. The third-order valence-corrected chi connectivity index (χ3v) is 5.72. The average molecular weight is 438 g/mol. The fourth-order valence-corrected chi connectivity index (χ4v) is 3.61. The Bertz CT molecular complexity index is 992. The summed E-state index contributed by atoms with van der Waals surface area (Å²) in [6.07, 6.45) is 2.06. The number of benzene rings is 2. The molecular weight excluding hydrogens is 402 g/mol. The molecule has 32 heavy (non-hydrogen) atoms. The zero-order valence-electron chi connectivity index (χ0n) is 20.0. The molecule has 0 saturated carbocycles. The highest BCUT2D eigenvalue weighted by atomic mass is 16.6. The molecule has 0 spiro atoms.